The van der Waals surface area contributed by atoms with E-state index in [9.17, 15) is 20.0 Å². The topological polar surface area (TPSA) is 109 Å². The predicted molar refractivity (Wildman–Crippen MR) is 147 cm³/mol. The fourth-order valence-corrected chi connectivity index (χ4v) is 4.74. The van der Waals surface area contributed by atoms with Gasteiger partial charge < -0.3 is 14.6 Å². The summed E-state index contributed by atoms with van der Waals surface area (Å²) in [7, 11) is 0. The molecule has 0 unspecified atom stereocenters. The van der Waals surface area contributed by atoms with Crippen molar-refractivity contribution in [1.82, 2.24) is 0 Å². The molecule has 4 rings (SSSR count). The lowest BCUT2D eigenvalue weighted by Gasteiger charge is -2.11. The molecule has 8 heteroatoms. The van der Waals surface area contributed by atoms with E-state index >= 15 is 0 Å². The molecule has 1 amide bonds. The van der Waals surface area contributed by atoms with Gasteiger partial charge in [0.2, 0.25) is 0 Å². The summed E-state index contributed by atoms with van der Waals surface area (Å²) < 4.78 is 11.1. The number of rotatable bonds is 7. The van der Waals surface area contributed by atoms with E-state index in [2.05, 4.69) is 11.1 Å². The Kier molecular flexibility index (Phi) is 8.41. The van der Waals surface area contributed by atoms with E-state index in [1.165, 1.54) is 0 Å². The molecule has 0 aliphatic carbocycles. The second-order valence-corrected chi connectivity index (χ2v) is 9.22. The fourth-order valence-electron chi connectivity index (χ4n) is 3.74. The van der Waals surface area contributed by atoms with E-state index in [1.54, 1.807) is 62.4 Å². The molecular weight excluding hydrogens is 500 g/mol. The van der Waals surface area contributed by atoms with Gasteiger partial charge in [-0.15, -0.1) is 0 Å². The van der Waals surface area contributed by atoms with Gasteiger partial charge in [0.1, 0.15) is 28.7 Å². The number of nitriles is 1. The van der Waals surface area contributed by atoms with Crippen LogP contribution in [0.3, 0.4) is 0 Å². The highest BCUT2D eigenvalue weighted by molar-refractivity contribution is 8.18. The van der Waals surface area contributed by atoms with Crippen molar-refractivity contribution < 1.29 is 24.2 Å². The molecule has 0 aromatic heterocycles. The molecule has 38 heavy (non-hydrogen) atoms. The lowest BCUT2D eigenvalue weighted by molar-refractivity contribution is -0.138. The summed E-state index contributed by atoms with van der Waals surface area (Å²) in [5.74, 6) is -1.11. The van der Waals surface area contributed by atoms with Crippen LogP contribution in [0.25, 0.3) is 6.08 Å². The molecule has 1 N–H and O–H groups in total. The third kappa shape index (κ3) is 5.85. The van der Waals surface area contributed by atoms with Crippen LogP contribution in [0.4, 0.5) is 0 Å². The Morgan fingerprint density at radius 2 is 1.76 bits per heavy atom. The highest BCUT2D eigenvalue weighted by atomic mass is 32.2. The minimum atomic E-state index is -0.769. The first-order valence-corrected chi connectivity index (χ1v) is 12.6. The highest BCUT2D eigenvalue weighted by Crippen LogP contribution is 2.40. The van der Waals surface area contributed by atoms with Crippen molar-refractivity contribution in [3.63, 3.8) is 0 Å². The van der Waals surface area contributed by atoms with Crippen LogP contribution in [0.5, 0.6) is 5.75 Å². The average molecular weight is 525 g/mol. The molecule has 1 heterocycles. The molecule has 0 saturated carbocycles. The number of aliphatic hydroxyl groups excluding tert-OH is 1. The van der Waals surface area contributed by atoms with Gasteiger partial charge in [0, 0.05) is 16.7 Å². The first-order chi connectivity index (χ1) is 18.4. The summed E-state index contributed by atoms with van der Waals surface area (Å²) in [4.78, 5) is 30.1. The lowest BCUT2D eigenvalue weighted by Crippen LogP contribution is -2.14. The number of aliphatic imine (C=N–C) groups is 1. The van der Waals surface area contributed by atoms with Crippen LogP contribution in [0.2, 0.25) is 0 Å². The van der Waals surface area contributed by atoms with Gasteiger partial charge in [0.15, 0.2) is 0 Å². The summed E-state index contributed by atoms with van der Waals surface area (Å²) in [6.45, 7) is 3.72. The summed E-state index contributed by atoms with van der Waals surface area (Å²) in [5.41, 5.74) is 2.88. The molecule has 0 spiro atoms. The minimum absolute atomic E-state index is 0.0572. The smallest absolute Gasteiger partial charge is 0.344 e. The van der Waals surface area contributed by atoms with Crippen molar-refractivity contribution in [3.8, 4) is 11.8 Å². The molecule has 0 radical (unpaired) electrons. The predicted octanol–water partition coefficient (Wildman–Crippen LogP) is 6.15. The van der Waals surface area contributed by atoms with Gasteiger partial charge in [-0.2, -0.15) is 5.26 Å². The number of esters is 1. The van der Waals surface area contributed by atoms with Crippen LogP contribution in [0.15, 0.2) is 94.0 Å². The van der Waals surface area contributed by atoms with E-state index in [0.717, 1.165) is 22.9 Å². The number of ether oxygens (including phenoxy) is 2. The van der Waals surface area contributed by atoms with E-state index in [0.29, 0.717) is 27.3 Å². The number of hydrogen-bond acceptors (Lipinski definition) is 7. The summed E-state index contributed by atoms with van der Waals surface area (Å²) in [5, 5.41) is 20.4. The summed E-state index contributed by atoms with van der Waals surface area (Å²) >= 11 is 1.00. The monoisotopic (exact) mass is 524 g/mol. The number of benzene rings is 3. The van der Waals surface area contributed by atoms with Crippen molar-refractivity contribution >= 4 is 34.8 Å². The number of aliphatic hydroxyl groups is 1. The SMILES string of the molecule is CCOC(=O)C1=C(O)/C(=C/c2ccccc2OCc2ccccc2C#N)SC1=NC(=O)c1ccccc1C. The molecule has 0 atom stereocenters. The number of hydrogen-bond donors (Lipinski definition) is 1. The maximum atomic E-state index is 12.9. The zero-order valence-electron chi connectivity index (χ0n) is 20.8. The zero-order chi connectivity index (χ0) is 27.1. The van der Waals surface area contributed by atoms with Crippen molar-refractivity contribution in [2.75, 3.05) is 6.61 Å². The Morgan fingerprint density at radius 1 is 1.05 bits per heavy atom. The van der Waals surface area contributed by atoms with Gasteiger partial charge in [-0.05, 0) is 43.7 Å². The molecule has 7 nitrogen and oxygen atoms in total. The van der Waals surface area contributed by atoms with E-state index in [4.69, 9.17) is 9.47 Å². The average Bonchev–Trinajstić information content (AvgIpc) is 3.22. The number of nitrogens with zero attached hydrogens (tertiary/aromatic N) is 2. The van der Waals surface area contributed by atoms with Gasteiger partial charge in [-0.3, -0.25) is 4.79 Å². The van der Waals surface area contributed by atoms with Crippen molar-refractivity contribution in [3.05, 3.63) is 117 Å². The van der Waals surface area contributed by atoms with Crippen LogP contribution in [-0.2, 0) is 16.1 Å². The Labute approximate surface area is 224 Å². The number of amides is 1. The minimum Gasteiger partial charge on any atom is -0.506 e. The molecule has 1 aliphatic heterocycles. The van der Waals surface area contributed by atoms with Gasteiger partial charge in [0.05, 0.1) is 23.1 Å². The Bertz CT molecular complexity index is 1530. The van der Waals surface area contributed by atoms with E-state index in [-0.39, 0.29) is 29.6 Å². The first kappa shape index (κ1) is 26.5. The van der Waals surface area contributed by atoms with E-state index in [1.807, 2.05) is 30.3 Å². The van der Waals surface area contributed by atoms with Crippen LogP contribution in [-0.4, -0.2) is 28.6 Å². The maximum absolute atomic E-state index is 12.9. The van der Waals surface area contributed by atoms with Gasteiger partial charge in [-0.25, -0.2) is 9.79 Å². The van der Waals surface area contributed by atoms with Crippen LogP contribution in [0, 0.1) is 18.3 Å². The standard InChI is InChI=1S/C30H24N2O5S/c1-3-36-30(35)26-27(33)25(38-29(26)32-28(34)23-14-8-4-10-19(23)2)16-20-11-7-9-15-24(20)37-18-22-13-6-5-12-21(22)17-31/h4-16,33H,3,18H2,1-2H3/b25-16-,32-29?. The van der Waals surface area contributed by atoms with Crippen LogP contribution in [0.1, 0.15) is 39.5 Å². The number of thioether (sulfide) groups is 1. The molecule has 3 aromatic carbocycles. The molecule has 190 valence electrons. The van der Waals surface area contributed by atoms with Crippen molar-refractivity contribution in [2.45, 2.75) is 20.5 Å². The largest absolute Gasteiger partial charge is 0.506 e. The van der Waals surface area contributed by atoms with Crippen LogP contribution >= 0.6 is 11.8 Å². The van der Waals surface area contributed by atoms with Gasteiger partial charge in [0.25, 0.3) is 5.91 Å². The lowest BCUT2D eigenvalue weighted by atomic mass is 10.1. The van der Waals surface area contributed by atoms with Gasteiger partial charge in [-0.1, -0.05) is 66.4 Å². The molecule has 0 fully saturated rings. The normalized spacial score (nSPS) is 15.0. The zero-order valence-corrected chi connectivity index (χ0v) is 21.6. The Balaban J connectivity index is 1.68. The first-order valence-electron chi connectivity index (χ1n) is 11.8. The van der Waals surface area contributed by atoms with Crippen molar-refractivity contribution in [1.29, 1.82) is 5.26 Å². The molecule has 3 aromatic rings. The number of para-hydroxylation sites is 1. The molecule has 0 saturated heterocycles. The summed E-state index contributed by atoms with van der Waals surface area (Å²) in [6.07, 6.45) is 1.66. The third-order valence-electron chi connectivity index (χ3n) is 5.68. The van der Waals surface area contributed by atoms with Crippen molar-refractivity contribution in [2.24, 2.45) is 4.99 Å². The molecule has 0 bridgehead atoms. The van der Waals surface area contributed by atoms with E-state index < -0.39 is 11.9 Å². The Hall–Kier alpha value is -4.61. The highest BCUT2D eigenvalue weighted by Gasteiger charge is 2.34. The summed E-state index contributed by atoms with van der Waals surface area (Å²) in [6, 6.07) is 23.5. The Morgan fingerprint density at radius 3 is 2.53 bits per heavy atom. The second kappa shape index (κ2) is 12.1. The fraction of sp³-hybridized carbons (Fsp3) is 0.133. The molecular formula is C30H24N2O5S. The maximum Gasteiger partial charge on any atom is 0.344 e. The second-order valence-electron chi connectivity index (χ2n) is 8.19. The van der Waals surface area contributed by atoms with Crippen LogP contribution < -0.4 is 4.74 Å². The number of carbonyl (C=O) groups is 2. The third-order valence-corrected chi connectivity index (χ3v) is 6.70. The quantitative estimate of drug-likeness (QED) is 0.369. The number of carbonyl (C=O) groups excluding carboxylic acids is 2. The number of aryl methyl sites for hydroxylation is 1. The molecule has 1 aliphatic rings. The van der Waals surface area contributed by atoms with Gasteiger partial charge >= 0.3 is 5.97 Å².